The monoisotopic (exact) mass is 653 g/mol. The largest absolute Gasteiger partial charge is 0.480 e. The molecule has 16 N–H and O–H groups in total. The zero-order chi connectivity index (χ0) is 34.3. The number of hydrogen-bond acceptors (Lipinski definition) is 8. The SMILES string of the molecule is NC(N)=NCCCC(NC(=O)C(Cc1cnc[nH]1)NC(=O)C(CCCN=C(N)N)NC(=O)C(N)Cc1c[nH]c2ccccc12)C(=O)O. The van der Waals surface area contributed by atoms with Gasteiger partial charge in [-0.05, 0) is 43.7 Å². The van der Waals surface area contributed by atoms with Crippen molar-refractivity contribution in [2.24, 2.45) is 38.7 Å². The Morgan fingerprint density at radius 2 is 1.40 bits per heavy atom. The van der Waals surface area contributed by atoms with Crippen molar-refractivity contribution in [3.63, 3.8) is 0 Å². The summed E-state index contributed by atoms with van der Waals surface area (Å²) in [7, 11) is 0. The zero-order valence-electron chi connectivity index (χ0n) is 25.8. The van der Waals surface area contributed by atoms with Crippen molar-refractivity contribution >= 4 is 46.5 Å². The number of carboxylic acid groups (broad SMARTS) is 1. The first-order valence-electron chi connectivity index (χ1n) is 15.0. The van der Waals surface area contributed by atoms with E-state index in [-0.39, 0.29) is 57.1 Å². The summed E-state index contributed by atoms with van der Waals surface area (Å²) in [5.41, 5.74) is 30.0. The summed E-state index contributed by atoms with van der Waals surface area (Å²) in [6, 6.07) is 2.94. The number of carboxylic acids is 1. The van der Waals surface area contributed by atoms with Crippen LogP contribution >= 0.6 is 0 Å². The van der Waals surface area contributed by atoms with E-state index < -0.39 is 47.9 Å². The topological polar surface area (TPSA) is 324 Å². The molecule has 0 fully saturated rings. The zero-order valence-corrected chi connectivity index (χ0v) is 25.8. The number of nitrogens with zero attached hydrogens (tertiary/aromatic N) is 3. The van der Waals surface area contributed by atoms with Crippen LogP contribution in [0.25, 0.3) is 10.9 Å². The number of aliphatic carboxylic acids is 1. The highest BCUT2D eigenvalue weighted by Crippen LogP contribution is 2.19. The van der Waals surface area contributed by atoms with Gasteiger partial charge in [-0.15, -0.1) is 0 Å². The van der Waals surface area contributed by atoms with Gasteiger partial charge in [0.05, 0.1) is 12.4 Å². The third-order valence-corrected chi connectivity index (χ3v) is 7.20. The molecule has 18 heteroatoms. The summed E-state index contributed by atoms with van der Waals surface area (Å²) in [6.45, 7) is 0.349. The van der Waals surface area contributed by atoms with Gasteiger partial charge in [-0.25, -0.2) is 9.78 Å². The number of nitrogens with two attached hydrogens (primary N) is 5. The van der Waals surface area contributed by atoms with Crippen molar-refractivity contribution in [1.29, 1.82) is 0 Å². The number of H-pyrrole nitrogens is 2. The van der Waals surface area contributed by atoms with E-state index in [4.69, 9.17) is 28.7 Å². The predicted octanol–water partition coefficient (Wildman–Crippen LogP) is -2.35. The first-order valence-corrected chi connectivity index (χ1v) is 15.0. The van der Waals surface area contributed by atoms with E-state index >= 15 is 0 Å². The molecule has 0 aliphatic rings. The predicted molar refractivity (Wildman–Crippen MR) is 176 cm³/mol. The van der Waals surface area contributed by atoms with E-state index in [0.29, 0.717) is 12.1 Å². The lowest BCUT2D eigenvalue weighted by atomic mass is 10.0. The summed E-state index contributed by atoms with van der Waals surface area (Å²) in [4.78, 5) is 69.9. The van der Waals surface area contributed by atoms with Crippen molar-refractivity contribution in [3.05, 3.63) is 54.2 Å². The summed E-state index contributed by atoms with van der Waals surface area (Å²) in [5, 5.41) is 18.4. The van der Waals surface area contributed by atoms with E-state index in [2.05, 4.69) is 40.9 Å². The summed E-state index contributed by atoms with van der Waals surface area (Å²) in [6.07, 6.45) is 5.51. The van der Waals surface area contributed by atoms with Gasteiger partial charge in [0.2, 0.25) is 17.7 Å². The Balaban J connectivity index is 1.75. The van der Waals surface area contributed by atoms with Crippen molar-refractivity contribution in [2.45, 2.75) is 62.7 Å². The number of aromatic nitrogens is 3. The van der Waals surface area contributed by atoms with Crippen LogP contribution in [0.15, 0.2) is 53.0 Å². The number of fused-ring (bicyclic) bond motifs is 1. The minimum Gasteiger partial charge on any atom is -0.480 e. The Labute approximate surface area is 270 Å². The summed E-state index contributed by atoms with van der Waals surface area (Å²) >= 11 is 0. The molecule has 0 aliphatic heterocycles. The number of para-hydroxylation sites is 1. The van der Waals surface area contributed by atoms with Gasteiger partial charge >= 0.3 is 5.97 Å². The van der Waals surface area contributed by atoms with Gasteiger partial charge in [0.1, 0.15) is 18.1 Å². The van der Waals surface area contributed by atoms with Crippen LogP contribution in [0.1, 0.15) is 36.9 Å². The van der Waals surface area contributed by atoms with E-state index in [9.17, 15) is 24.3 Å². The number of amides is 3. The number of rotatable bonds is 19. The van der Waals surface area contributed by atoms with Crippen LogP contribution in [-0.4, -0.2) is 92.9 Å². The summed E-state index contributed by atoms with van der Waals surface area (Å²) < 4.78 is 0. The Hall–Kier alpha value is -5.65. The highest BCUT2D eigenvalue weighted by molar-refractivity contribution is 5.94. The molecule has 47 heavy (non-hydrogen) atoms. The number of hydrogen-bond donors (Lipinski definition) is 11. The van der Waals surface area contributed by atoms with Crippen molar-refractivity contribution in [2.75, 3.05) is 13.1 Å². The first-order chi connectivity index (χ1) is 22.4. The molecule has 2 aromatic heterocycles. The standard InChI is InChI=1S/C29H43N13O5/c30-19(11-16-13-38-20-6-2-1-5-18(16)20)24(43)40-21(7-3-9-36-28(31)32)25(44)42-23(12-17-14-35-15-39-17)26(45)41-22(27(46)47)8-4-10-37-29(33)34/h1-2,5-6,13-15,19,21-23,38H,3-4,7-12,30H2,(H,35,39)(H,40,43)(H,41,45)(H,42,44)(H,46,47)(H4,31,32,36)(H4,33,34,37). The molecule has 4 unspecified atom stereocenters. The van der Waals surface area contributed by atoms with Gasteiger partial charge in [0.25, 0.3) is 0 Å². The maximum atomic E-state index is 13.6. The molecule has 3 amide bonds. The normalized spacial score (nSPS) is 13.5. The molecule has 0 bridgehead atoms. The molecule has 0 saturated heterocycles. The molecule has 1 aromatic carbocycles. The molecule has 254 valence electrons. The van der Waals surface area contributed by atoms with Crippen molar-refractivity contribution in [1.82, 2.24) is 30.9 Å². The van der Waals surface area contributed by atoms with Crippen LogP contribution in [0.2, 0.25) is 0 Å². The fourth-order valence-electron chi connectivity index (χ4n) is 4.81. The van der Waals surface area contributed by atoms with Crippen LogP contribution < -0.4 is 44.6 Å². The van der Waals surface area contributed by atoms with Crippen molar-refractivity contribution in [3.8, 4) is 0 Å². The van der Waals surface area contributed by atoms with E-state index in [1.807, 2.05) is 24.3 Å². The molecule has 18 nitrogen and oxygen atoms in total. The van der Waals surface area contributed by atoms with Crippen LogP contribution in [-0.2, 0) is 32.0 Å². The third-order valence-electron chi connectivity index (χ3n) is 7.20. The Kier molecular flexibility index (Phi) is 13.5. The number of guanidine groups is 2. The molecule has 3 aromatic rings. The van der Waals surface area contributed by atoms with Crippen LogP contribution in [0.3, 0.4) is 0 Å². The van der Waals surface area contributed by atoms with Crippen LogP contribution in [0.4, 0.5) is 0 Å². The van der Waals surface area contributed by atoms with Gasteiger partial charge < -0.3 is 59.7 Å². The van der Waals surface area contributed by atoms with Crippen LogP contribution in [0, 0.1) is 0 Å². The molecule has 2 heterocycles. The highest BCUT2D eigenvalue weighted by Gasteiger charge is 2.31. The number of nitrogens with one attached hydrogen (secondary N) is 5. The fourth-order valence-corrected chi connectivity index (χ4v) is 4.81. The summed E-state index contributed by atoms with van der Waals surface area (Å²) in [5.74, 6) is -3.58. The van der Waals surface area contributed by atoms with E-state index in [1.54, 1.807) is 6.20 Å². The lowest BCUT2D eigenvalue weighted by Crippen LogP contribution is -2.57. The molecular formula is C29H43N13O5. The molecule has 0 radical (unpaired) electrons. The number of imidazole rings is 1. The van der Waals surface area contributed by atoms with Gasteiger partial charge in [-0.1, -0.05) is 18.2 Å². The molecular weight excluding hydrogens is 610 g/mol. The van der Waals surface area contributed by atoms with Gasteiger partial charge in [0.15, 0.2) is 11.9 Å². The Morgan fingerprint density at radius 3 is 2.02 bits per heavy atom. The van der Waals surface area contributed by atoms with E-state index in [1.165, 1.54) is 12.5 Å². The quantitative estimate of drug-likeness (QED) is 0.0369. The number of aliphatic imine (C=N–C) groups is 2. The molecule has 0 spiro atoms. The average molecular weight is 654 g/mol. The van der Waals surface area contributed by atoms with Gasteiger partial charge in [0, 0.05) is 48.5 Å². The van der Waals surface area contributed by atoms with Gasteiger partial charge in [-0.2, -0.15) is 0 Å². The lowest BCUT2D eigenvalue weighted by Gasteiger charge is -2.25. The second-order valence-corrected chi connectivity index (χ2v) is 10.9. The maximum Gasteiger partial charge on any atom is 0.326 e. The number of benzene rings is 1. The number of carbonyl (C=O) groups excluding carboxylic acids is 3. The smallest absolute Gasteiger partial charge is 0.326 e. The lowest BCUT2D eigenvalue weighted by molar-refractivity contribution is -0.142. The molecule has 0 saturated carbocycles. The number of aromatic amines is 2. The second-order valence-electron chi connectivity index (χ2n) is 10.9. The Bertz CT molecular complexity index is 1540. The fraction of sp³-hybridized carbons (Fsp3) is 0.414. The average Bonchev–Trinajstić information content (AvgIpc) is 3.69. The minimum atomic E-state index is -1.28. The highest BCUT2D eigenvalue weighted by atomic mass is 16.4. The van der Waals surface area contributed by atoms with Crippen LogP contribution in [0.5, 0.6) is 0 Å². The second kappa shape index (κ2) is 17.7. The van der Waals surface area contributed by atoms with Gasteiger partial charge in [-0.3, -0.25) is 24.4 Å². The minimum absolute atomic E-state index is 0.0281. The first kappa shape index (κ1) is 35.8. The maximum absolute atomic E-state index is 13.6. The molecule has 0 aliphatic carbocycles. The van der Waals surface area contributed by atoms with E-state index in [0.717, 1.165) is 16.5 Å². The molecule has 4 atom stereocenters. The number of carbonyl (C=O) groups is 4. The Morgan fingerprint density at radius 1 is 0.809 bits per heavy atom. The third kappa shape index (κ3) is 11.7. The van der Waals surface area contributed by atoms with Crippen molar-refractivity contribution < 1.29 is 24.3 Å². The molecule has 3 rings (SSSR count).